The Morgan fingerprint density at radius 3 is 2.58 bits per heavy atom. The van der Waals surface area contributed by atoms with Crippen molar-refractivity contribution < 1.29 is 14.4 Å². The molecule has 0 aliphatic rings. The zero-order chi connectivity index (χ0) is 17.3. The van der Waals surface area contributed by atoms with Crippen molar-refractivity contribution in [2.75, 3.05) is 0 Å². The number of carbonyl (C=O) groups excluding carboxylic acids is 1. The molecule has 0 spiro atoms. The van der Waals surface area contributed by atoms with E-state index in [1.165, 1.54) is 12.3 Å². The molecule has 0 fully saturated rings. The van der Waals surface area contributed by atoms with Crippen LogP contribution in [0.4, 0.5) is 5.69 Å². The van der Waals surface area contributed by atoms with Crippen LogP contribution in [0.5, 0.6) is 5.75 Å². The Morgan fingerprint density at radius 2 is 1.96 bits per heavy atom. The van der Waals surface area contributed by atoms with E-state index in [1.807, 2.05) is 24.3 Å². The summed E-state index contributed by atoms with van der Waals surface area (Å²) in [6.07, 6.45) is 1.80. The first kappa shape index (κ1) is 16.4. The van der Waals surface area contributed by atoms with Gasteiger partial charge in [-0.1, -0.05) is 44.8 Å². The average Bonchev–Trinajstić information content (AvgIpc) is 3.06. The van der Waals surface area contributed by atoms with E-state index in [4.69, 9.17) is 16.1 Å². The molecule has 8 heteroatoms. The lowest BCUT2D eigenvalue weighted by molar-refractivity contribution is 0.112. The molecule has 1 N–H and O–H groups in total. The van der Waals surface area contributed by atoms with E-state index in [0.717, 1.165) is 10.0 Å². The van der Waals surface area contributed by atoms with Gasteiger partial charge in [-0.2, -0.15) is 0 Å². The molecular weight excluding hydrogens is 400 g/mol. The van der Waals surface area contributed by atoms with Crippen LogP contribution in [-0.4, -0.2) is 16.5 Å². The Labute approximate surface area is 149 Å². The quantitative estimate of drug-likeness (QED) is 0.465. The van der Waals surface area contributed by atoms with Crippen molar-refractivity contribution >= 4 is 39.5 Å². The summed E-state index contributed by atoms with van der Waals surface area (Å²) in [7, 11) is 0. The number of phenols is 1. The van der Waals surface area contributed by atoms with Gasteiger partial charge < -0.3 is 9.63 Å². The third kappa shape index (κ3) is 2.72. The highest BCUT2D eigenvalue weighted by Gasteiger charge is 2.23. The van der Waals surface area contributed by atoms with E-state index in [0.29, 0.717) is 11.8 Å². The van der Waals surface area contributed by atoms with Crippen LogP contribution >= 0.6 is 27.5 Å². The number of rotatable bonds is 4. The second-order valence-electron chi connectivity index (χ2n) is 4.80. The largest absolute Gasteiger partial charge is 0.506 e. The lowest BCUT2D eigenvalue weighted by Gasteiger charge is -2.09. The molecule has 0 unspecified atom stereocenters. The van der Waals surface area contributed by atoms with Gasteiger partial charge in [0.25, 0.3) is 0 Å². The van der Waals surface area contributed by atoms with Crippen LogP contribution < -0.4 is 0 Å². The average molecular weight is 408 g/mol. The highest BCUT2D eigenvalue weighted by Crippen LogP contribution is 2.44. The maximum Gasteiger partial charge on any atom is 0.178 e. The van der Waals surface area contributed by atoms with Crippen molar-refractivity contribution in [3.63, 3.8) is 0 Å². The monoisotopic (exact) mass is 406 g/mol. The van der Waals surface area contributed by atoms with Crippen molar-refractivity contribution in [3.8, 4) is 28.2 Å². The third-order valence-corrected chi connectivity index (χ3v) is 4.26. The number of carbonyl (C=O) groups is 1. The lowest BCUT2D eigenvalue weighted by atomic mass is 9.99. The molecule has 2 aromatic carbocycles. The van der Waals surface area contributed by atoms with E-state index in [-0.39, 0.29) is 27.6 Å². The topological polar surface area (TPSA) is 92.8 Å². The second kappa shape index (κ2) is 6.54. The highest BCUT2D eigenvalue weighted by atomic mass is 79.9. The van der Waals surface area contributed by atoms with Gasteiger partial charge in [0.2, 0.25) is 0 Å². The number of aromatic hydroxyl groups is 1. The van der Waals surface area contributed by atoms with E-state index in [2.05, 4.69) is 26.3 Å². The fourth-order valence-corrected chi connectivity index (χ4v) is 2.81. The number of halogens is 2. The number of hydrogen-bond donors (Lipinski definition) is 1. The van der Waals surface area contributed by atoms with Gasteiger partial charge >= 0.3 is 0 Å². The summed E-state index contributed by atoms with van der Waals surface area (Å²) in [6.45, 7) is 0. The van der Waals surface area contributed by atoms with Crippen LogP contribution in [0.15, 0.2) is 50.7 Å². The van der Waals surface area contributed by atoms with Crippen LogP contribution in [0, 0.1) is 4.91 Å². The van der Waals surface area contributed by atoms with Gasteiger partial charge in [0.15, 0.2) is 12.0 Å². The van der Waals surface area contributed by atoms with E-state index >= 15 is 0 Å². The highest BCUT2D eigenvalue weighted by molar-refractivity contribution is 9.10. The predicted molar refractivity (Wildman–Crippen MR) is 92.6 cm³/mol. The molecule has 0 atom stereocenters. The normalized spacial score (nSPS) is 10.6. The number of phenolic OH excluding ortho intramolecular Hbond substituents is 1. The first-order chi connectivity index (χ1) is 11.6. The Bertz CT molecular complexity index is 938. The fourth-order valence-electron chi connectivity index (χ4n) is 2.30. The van der Waals surface area contributed by atoms with Crippen molar-refractivity contribution in [1.29, 1.82) is 0 Å². The lowest BCUT2D eigenvalue weighted by Crippen LogP contribution is -1.89. The summed E-state index contributed by atoms with van der Waals surface area (Å²) in [6, 6.07) is 8.66. The Morgan fingerprint density at radius 1 is 1.25 bits per heavy atom. The Kier molecular flexibility index (Phi) is 4.46. The molecule has 6 nitrogen and oxygen atoms in total. The van der Waals surface area contributed by atoms with Gasteiger partial charge in [0, 0.05) is 10.0 Å². The molecule has 0 saturated carbocycles. The zero-order valence-electron chi connectivity index (χ0n) is 11.9. The maximum atomic E-state index is 11.2. The van der Waals surface area contributed by atoms with Crippen molar-refractivity contribution in [2.45, 2.75) is 0 Å². The van der Waals surface area contributed by atoms with E-state index in [9.17, 15) is 14.8 Å². The summed E-state index contributed by atoms with van der Waals surface area (Å²) in [5, 5.41) is 16.7. The molecule has 1 aromatic heterocycles. The van der Waals surface area contributed by atoms with Crippen LogP contribution in [-0.2, 0) is 0 Å². The Hall–Kier alpha value is -2.51. The van der Waals surface area contributed by atoms with Gasteiger partial charge in [-0.3, -0.25) is 4.79 Å². The minimum atomic E-state index is -0.445. The standard InChI is InChI=1S/C16H8BrClN2O4/c17-9-3-1-8(2-4-9)11-6-19-24-16(11)10-5-13(18)14(20-23)12(7-21)15(10)22/h1-7,22H. The van der Waals surface area contributed by atoms with Crippen LogP contribution in [0.2, 0.25) is 5.02 Å². The minimum absolute atomic E-state index is 0.0712. The fraction of sp³-hybridized carbons (Fsp3) is 0. The van der Waals surface area contributed by atoms with Gasteiger partial charge in [-0.05, 0) is 28.9 Å². The van der Waals surface area contributed by atoms with Crippen LogP contribution in [0.1, 0.15) is 10.4 Å². The predicted octanol–water partition coefficient (Wildman–Crippen LogP) is 5.34. The van der Waals surface area contributed by atoms with Gasteiger partial charge in [-0.25, -0.2) is 0 Å². The third-order valence-electron chi connectivity index (χ3n) is 3.44. The zero-order valence-corrected chi connectivity index (χ0v) is 14.2. The number of benzene rings is 2. The molecule has 1 heterocycles. The molecule has 0 amide bonds. The van der Waals surface area contributed by atoms with Crippen molar-refractivity contribution in [1.82, 2.24) is 5.16 Å². The molecule has 0 aliphatic carbocycles. The molecule has 3 rings (SSSR count). The van der Waals surface area contributed by atoms with Crippen LogP contribution in [0.3, 0.4) is 0 Å². The van der Waals surface area contributed by atoms with E-state index in [1.54, 1.807) is 0 Å². The smallest absolute Gasteiger partial charge is 0.178 e. The summed E-state index contributed by atoms with van der Waals surface area (Å²) in [4.78, 5) is 22.0. The van der Waals surface area contributed by atoms with Crippen LogP contribution in [0.25, 0.3) is 22.5 Å². The minimum Gasteiger partial charge on any atom is -0.506 e. The SMILES string of the molecule is O=Cc1c(O)c(-c2oncc2-c2ccc(Br)cc2)cc(Cl)c1N=O. The van der Waals surface area contributed by atoms with Crippen molar-refractivity contribution in [3.05, 3.63) is 56.5 Å². The molecule has 3 aromatic rings. The summed E-state index contributed by atoms with van der Waals surface area (Å²) in [5.74, 6) is -0.226. The number of nitroso groups, excluding NO2 is 1. The molecule has 24 heavy (non-hydrogen) atoms. The number of aldehydes is 1. The van der Waals surface area contributed by atoms with Gasteiger partial charge in [0.1, 0.15) is 11.4 Å². The van der Waals surface area contributed by atoms with Gasteiger partial charge in [0.05, 0.1) is 22.3 Å². The first-order valence-corrected chi connectivity index (χ1v) is 7.79. The molecule has 120 valence electrons. The van der Waals surface area contributed by atoms with Crippen molar-refractivity contribution in [2.24, 2.45) is 5.18 Å². The molecule has 0 saturated heterocycles. The summed E-state index contributed by atoms with van der Waals surface area (Å²) in [5.41, 5.74) is 0.904. The first-order valence-electron chi connectivity index (χ1n) is 6.61. The Balaban J connectivity index is 2.23. The number of nitrogens with zero attached hydrogens (tertiary/aromatic N) is 2. The molecule has 0 radical (unpaired) electrons. The second-order valence-corrected chi connectivity index (χ2v) is 6.12. The number of aromatic nitrogens is 1. The molecule has 0 aliphatic heterocycles. The number of hydrogen-bond acceptors (Lipinski definition) is 6. The van der Waals surface area contributed by atoms with Gasteiger partial charge in [-0.15, -0.1) is 4.91 Å². The summed E-state index contributed by atoms with van der Waals surface area (Å²) >= 11 is 9.34. The maximum absolute atomic E-state index is 11.2. The molecule has 0 bridgehead atoms. The molecular formula is C16H8BrClN2O4. The van der Waals surface area contributed by atoms with E-state index < -0.39 is 5.75 Å². The summed E-state index contributed by atoms with van der Waals surface area (Å²) < 4.78 is 6.14.